The molecule has 0 aliphatic carbocycles. The number of amides is 4. The van der Waals surface area contributed by atoms with Crippen LogP contribution in [0, 0.1) is 0 Å². The number of hydrogen-bond acceptors (Lipinski definition) is 11. The molecule has 13 nitrogen and oxygen atoms in total. The second-order valence-corrected chi connectivity index (χ2v) is 16.7. The van der Waals surface area contributed by atoms with Crippen LogP contribution in [0.4, 0.5) is 5.82 Å². The number of carbonyl (C=O) groups excluding carboxylic acids is 4. The minimum atomic E-state index is -0.951. The topological polar surface area (TPSA) is 166 Å². The van der Waals surface area contributed by atoms with Gasteiger partial charge < -0.3 is 15.4 Å². The number of carbonyl (C=O) groups is 4. The number of para-hydroxylation sites is 1. The average molecular weight is 815 g/mol. The molecule has 3 aliphatic heterocycles. The summed E-state index contributed by atoms with van der Waals surface area (Å²) in [6.45, 7) is 3.09. The van der Waals surface area contributed by atoms with Crippen LogP contribution in [-0.2, 0) is 9.59 Å². The van der Waals surface area contributed by atoms with Gasteiger partial charge in [0.15, 0.2) is 5.65 Å². The highest BCUT2D eigenvalue weighted by atomic mass is 32.2. The van der Waals surface area contributed by atoms with Crippen molar-refractivity contribution in [2.24, 2.45) is 0 Å². The van der Waals surface area contributed by atoms with Crippen molar-refractivity contribution in [1.82, 2.24) is 34.9 Å². The van der Waals surface area contributed by atoms with E-state index in [9.17, 15) is 19.2 Å². The van der Waals surface area contributed by atoms with Gasteiger partial charge in [-0.2, -0.15) is 5.10 Å². The van der Waals surface area contributed by atoms with Crippen LogP contribution in [-0.4, -0.2) is 84.6 Å². The largest absolute Gasteiger partial charge is 0.457 e. The van der Waals surface area contributed by atoms with Crippen LogP contribution in [0.2, 0.25) is 0 Å². The highest BCUT2D eigenvalue weighted by Gasteiger charge is 2.45. The summed E-state index contributed by atoms with van der Waals surface area (Å²) in [6.07, 6.45) is 13.3. The molecule has 59 heavy (non-hydrogen) atoms. The van der Waals surface area contributed by atoms with Gasteiger partial charge in [-0.05, 0) is 99.5 Å². The Kier molecular flexibility index (Phi) is 12.6. The molecule has 2 aromatic heterocycles. The Morgan fingerprint density at radius 2 is 1.54 bits per heavy atom. The first-order valence-corrected chi connectivity index (χ1v) is 21.9. The van der Waals surface area contributed by atoms with Crippen LogP contribution < -0.4 is 15.8 Å². The predicted octanol–water partition coefficient (Wildman–Crippen LogP) is 7.82. The number of rotatable bonds is 17. The number of anilines is 1. The van der Waals surface area contributed by atoms with Gasteiger partial charge in [-0.25, -0.2) is 14.6 Å². The Labute approximate surface area is 348 Å². The number of fused-ring (bicyclic) bond motifs is 2. The minimum absolute atomic E-state index is 0.107. The van der Waals surface area contributed by atoms with Crippen molar-refractivity contribution in [2.75, 3.05) is 31.1 Å². The van der Waals surface area contributed by atoms with Crippen LogP contribution in [0.25, 0.3) is 22.3 Å². The summed E-state index contributed by atoms with van der Waals surface area (Å²) in [7, 11) is 0. The third-order valence-corrected chi connectivity index (χ3v) is 12.7. The smallest absolute Gasteiger partial charge is 0.263 e. The Morgan fingerprint density at radius 1 is 0.797 bits per heavy atom. The molecule has 8 rings (SSSR count). The van der Waals surface area contributed by atoms with Gasteiger partial charge in [0.05, 0.1) is 22.6 Å². The zero-order valence-corrected chi connectivity index (χ0v) is 34.0. The van der Waals surface area contributed by atoms with E-state index >= 15 is 0 Å². The highest BCUT2D eigenvalue weighted by Crippen LogP contribution is 2.37. The van der Waals surface area contributed by atoms with Gasteiger partial charge in [0, 0.05) is 23.4 Å². The SMILES string of the molecule is Nc1ncnc2c1c(-c1ccc(Oc3ccccc3)cc1)nn2[C@@H]1CCCN(CCCCCCCCCCSc2cccc3c2C(=O)N(C2CCC(=O)NC2=O)C3=O)C1. The monoisotopic (exact) mass is 814 g/mol. The summed E-state index contributed by atoms with van der Waals surface area (Å²) in [4.78, 5) is 63.9. The number of unbranched alkanes of at least 4 members (excludes halogenated alkanes) is 7. The normalized spacial score (nSPS) is 18.4. The van der Waals surface area contributed by atoms with Gasteiger partial charge in [0.1, 0.15) is 35.4 Å². The molecule has 0 bridgehead atoms. The lowest BCUT2D eigenvalue weighted by Gasteiger charge is -2.33. The number of nitrogen functional groups attached to an aromatic ring is 1. The van der Waals surface area contributed by atoms with Crippen molar-refractivity contribution in [3.05, 3.63) is 90.3 Å². The molecular formula is C45H50N8O5S. The Morgan fingerprint density at radius 3 is 2.32 bits per heavy atom. The molecule has 0 radical (unpaired) electrons. The van der Waals surface area contributed by atoms with Crippen molar-refractivity contribution in [3.63, 3.8) is 0 Å². The van der Waals surface area contributed by atoms with Crippen LogP contribution >= 0.6 is 11.8 Å². The molecule has 4 amide bonds. The maximum Gasteiger partial charge on any atom is 0.263 e. The molecule has 2 fully saturated rings. The van der Waals surface area contributed by atoms with E-state index in [-0.39, 0.29) is 24.8 Å². The van der Waals surface area contributed by atoms with Crippen molar-refractivity contribution < 1.29 is 23.9 Å². The third kappa shape index (κ3) is 9.03. The van der Waals surface area contributed by atoms with Gasteiger partial charge in [-0.1, -0.05) is 62.8 Å². The number of nitrogens with two attached hydrogens (primary N) is 1. The second-order valence-electron chi connectivity index (χ2n) is 15.6. The van der Waals surface area contributed by atoms with Crippen LogP contribution in [0.3, 0.4) is 0 Å². The van der Waals surface area contributed by atoms with E-state index in [4.69, 9.17) is 15.6 Å². The lowest BCUT2D eigenvalue weighted by Crippen LogP contribution is -2.54. The number of imide groups is 2. The quantitative estimate of drug-likeness (QED) is 0.0534. The number of aromatic nitrogens is 4. The Hall–Kier alpha value is -5.60. The fourth-order valence-corrected chi connectivity index (χ4v) is 9.56. The summed E-state index contributed by atoms with van der Waals surface area (Å²) in [5.74, 6) is 0.933. The Bertz CT molecular complexity index is 2320. The van der Waals surface area contributed by atoms with E-state index in [2.05, 4.69) is 24.9 Å². The molecule has 2 saturated heterocycles. The van der Waals surface area contributed by atoms with Gasteiger partial charge in [0.25, 0.3) is 11.8 Å². The second kappa shape index (κ2) is 18.5. The number of thioether (sulfide) groups is 1. The maximum absolute atomic E-state index is 13.4. The van der Waals surface area contributed by atoms with Crippen molar-refractivity contribution in [1.29, 1.82) is 0 Å². The van der Waals surface area contributed by atoms with E-state index in [1.165, 1.54) is 44.9 Å². The zero-order chi connectivity index (χ0) is 40.7. The molecule has 1 unspecified atom stereocenters. The minimum Gasteiger partial charge on any atom is -0.457 e. The lowest BCUT2D eigenvalue weighted by atomic mass is 10.0. The summed E-state index contributed by atoms with van der Waals surface area (Å²) in [5, 5.41) is 8.16. The molecule has 306 valence electrons. The number of likely N-dealkylation sites (tertiary alicyclic amines) is 1. The molecule has 3 aliphatic rings. The number of hydrogen-bond donors (Lipinski definition) is 2. The van der Waals surface area contributed by atoms with Gasteiger partial charge >= 0.3 is 0 Å². The first-order valence-electron chi connectivity index (χ1n) is 20.9. The van der Waals surface area contributed by atoms with Crippen molar-refractivity contribution in [3.8, 4) is 22.8 Å². The molecule has 3 aromatic carbocycles. The number of ether oxygens (including phenoxy) is 1. The summed E-state index contributed by atoms with van der Waals surface area (Å²) >= 11 is 1.59. The van der Waals surface area contributed by atoms with Gasteiger partial charge in [0.2, 0.25) is 11.8 Å². The molecule has 2 atom stereocenters. The molecule has 0 saturated carbocycles. The molecule has 14 heteroatoms. The number of nitrogens with one attached hydrogen (secondary N) is 1. The number of benzene rings is 3. The lowest BCUT2D eigenvalue weighted by molar-refractivity contribution is -0.136. The van der Waals surface area contributed by atoms with Crippen LogP contribution in [0.15, 0.2) is 84.0 Å². The fraction of sp³-hybridized carbons (Fsp3) is 0.400. The van der Waals surface area contributed by atoms with Crippen LogP contribution in [0.5, 0.6) is 11.5 Å². The summed E-state index contributed by atoms with van der Waals surface area (Å²) in [5.41, 5.74) is 9.65. The average Bonchev–Trinajstić information content (AvgIpc) is 3.76. The molecule has 0 spiro atoms. The summed E-state index contributed by atoms with van der Waals surface area (Å²) in [6, 6.07) is 22.2. The highest BCUT2D eigenvalue weighted by molar-refractivity contribution is 7.99. The molecule has 5 heterocycles. The first-order chi connectivity index (χ1) is 28.9. The predicted molar refractivity (Wildman–Crippen MR) is 227 cm³/mol. The zero-order valence-electron chi connectivity index (χ0n) is 33.2. The first kappa shape index (κ1) is 40.2. The summed E-state index contributed by atoms with van der Waals surface area (Å²) < 4.78 is 8.08. The van der Waals surface area contributed by atoms with E-state index in [1.54, 1.807) is 23.9 Å². The van der Waals surface area contributed by atoms with Gasteiger partial charge in [-0.15, -0.1) is 11.8 Å². The van der Waals surface area contributed by atoms with Crippen LogP contribution in [0.1, 0.15) is 104 Å². The van der Waals surface area contributed by atoms with Crippen molar-refractivity contribution in [2.45, 2.75) is 94.0 Å². The molecule has 3 N–H and O–H groups in total. The fourth-order valence-electron chi connectivity index (χ4n) is 8.48. The van der Waals surface area contributed by atoms with Gasteiger partial charge in [-0.3, -0.25) is 29.4 Å². The van der Waals surface area contributed by atoms with E-state index in [0.717, 1.165) is 94.7 Å². The molecular weight excluding hydrogens is 765 g/mol. The maximum atomic E-state index is 13.4. The van der Waals surface area contributed by atoms with E-state index in [1.807, 2.05) is 60.7 Å². The number of piperidine rings is 2. The Balaban J connectivity index is 0.749. The van der Waals surface area contributed by atoms with E-state index in [0.29, 0.717) is 16.9 Å². The molecule has 5 aromatic rings. The number of nitrogens with zero attached hydrogens (tertiary/aromatic N) is 6. The third-order valence-electron chi connectivity index (χ3n) is 11.5. The van der Waals surface area contributed by atoms with E-state index < -0.39 is 23.8 Å². The van der Waals surface area contributed by atoms with Crippen molar-refractivity contribution >= 4 is 52.2 Å². The standard InChI is InChI=1S/C45H50N8O5S/c46-41-39-40(30-19-21-33(22-20-30)58-32-15-8-7-9-16-32)50-53(42(39)48-29-47-41)31-14-13-26-51(28-31)25-10-5-3-1-2-4-6-11-27-59-36-18-12-17-34-38(36)45(57)52(44(34)56)35-23-24-37(54)49-43(35)55/h7-9,12,15-22,29,31,35H,1-6,10-11,13-14,23-28H2,(H2,46,47,48)(H,49,54,55)/t31-,35?/m1/s1.